The van der Waals surface area contributed by atoms with Gasteiger partial charge in [0.2, 0.25) is 0 Å². The number of carbonyl (C=O) groups is 1. The van der Waals surface area contributed by atoms with Crippen LogP contribution in [0.1, 0.15) is 42.7 Å². The molecule has 0 aliphatic heterocycles. The Morgan fingerprint density at radius 1 is 1.03 bits per heavy atom. The maximum Gasteiger partial charge on any atom is 0.251 e. The Labute approximate surface area is 188 Å². The third-order valence-corrected chi connectivity index (χ3v) is 5.62. The molecule has 0 bridgehead atoms. The van der Waals surface area contributed by atoms with E-state index in [4.69, 9.17) is 4.42 Å². The van der Waals surface area contributed by atoms with E-state index in [0.29, 0.717) is 12.0 Å². The summed E-state index contributed by atoms with van der Waals surface area (Å²) in [7, 11) is 0. The fourth-order valence-electron chi connectivity index (χ4n) is 3.95. The highest BCUT2D eigenvalue weighted by atomic mass is 16.3. The second-order valence-corrected chi connectivity index (χ2v) is 9.00. The molecule has 2 unspecified atom stereocenters. The Bertz CT molecular complexity index is 1110. The molecule has 4 rings (SSSR count). The van der Waals surface area contributed by atoms with Crippen LogP contribution in [0.5, 0.6) is 0 Å². The average Bonchev–Trinajstić information content (AvgIpc) is 3.51. The summed E-state index contributed by atoms with van der Waals surface area (Å²) in [6.45, 7) is 6.40. The molecule has 0 aliphatic carbocycles. The van der Waals surface area contributed by atoms with Crippen molar-refractivity contribution >= 4 is 5.91 Å². The van der Waals surface area contributed by atoms with Crippen molar-refractivity contribution in [3.8, 4) is 11.3 Å². The fraction of sp³-hybridized carbons (Fsp3) is 0.269. The van der Waals surface area contributed by atoms with Crippen molar-refractivity contribution < 1.29 is 9.21 Å². The first kappa shape index (κ1) is 21.6. The number of hydrogen-bond acceptors (Lipinski definition) is 4. The van der Waals surface area contributed by atoms with Crippen LogP contribution in [0.3, 0.4) is 0 Å². The summed E-state index contributed by atoms with van der Waals surface area (Å²) in [5, 5.41) is 7.70. The monoisotopic (exact) mass is 428 g/mol. The molecule has 2 atom stereocenters. The van der Waals surface area contributed by atoms with Crippen molar-refractivity contribution in [2.24, 2.45) is 5.41 Å². The van der Waals surface area contributed by atoms with Crippen LogP contribution in [0.25, 0.3) is 11.3 Å². The molecular weight excluding hydrogens is 400 g/mol. The van der Waals surface area contributed by atoms with Crippen LogP contribution in [0, 0.1) is 5.41 Å². The molecule has 0 spiro atoms. The maximum atomic E-state index is 13.0. The van der Waals surface area contributed by atoms with E-state index >= 15 is 0 Å². The maximum absolute atomic E-state index is 13.0. The molecule has 0 saturated heterocycles. The Morgan fingerprint density at radius 3 is 2.38 bits per heavy atom. The molecule has 4 aromatic rings. The van der Waals surface area contributed by atoms with Gasteiger partial charge in [-0.25, -0.2) is 9.67 Å². The average molecular weight is 429 g/mol. The van der Waals surface area contributed by atoms with Crippen molar-refractivity contribution in [1.82, 2.24) is 20.1 Å². The van der Waals surface area contributed by atoms with Gasteiger partial charge in [0.15, 0.2) is 0 Å². The molecule has 32 heavy (non-hydrogen) atoms. The normalized spacial score (nSPS) is 13.5. The molecular formula is C26H28N4O2. The minimum absolute atomic E-state index is 0.0937. The topological polar surface area (TPSA) is 73.0 Å². The number of aromatic nitrogens is 3. The molecule has 1 amide bonds. The summed E-state index contributed by atoms with van der Waals surface area (Å²) in [5.74, 6) is 0.746. The number of amides is 1. The number of benzene rings is 2. The predicted octanol–water partition coefficient (Wildman–Crippen LogP) is 5.17. The van der Waals surface area contributed by atoms with E-state index in [1.165, 1.54) is 6.33 Å². The summed E-state index contributed by atoms with van der Waals surface area (Å²) in [6, 6.07) is 21.1. The lowest BCUT2D eigenvalue weighted by atomic mass is 9.80. The summed E-state index contributed by atoms with van der Waals surface area (Å²) < 4.78 is 7.35. The van der Waals surface area contributed by atoms with Gasteiger partial charge in [0.25, 0.3) is 5.91 Å². The van der Waals surface area contributed by atoms with Crippen LogP contribution in [0.4, 0.5) is 0 Å². The number of hydrogen-bond donors (Lipinski definition) is 1. The molecule has 1 N–H and O–H groups in total. The molecule has 164 valence electrons. The van der Waals surface area contributed by atoms with Crippen molar-refractivity contribution in [3.05, 3.63) is 96.8 Å². The van der Waals surface area contributed by atoms with Crippen molar-refractivity contribution in [3.63, 3.8) is 0 Å². The minimum atomic E-state index is -0.213. The van der Waals surface area contributed by atoms with Gasteiger partial charge in [-0.05, 0) is 41.7 Å². The molecule has 2 aromatic carbocycles. The zero-order chi connectivity index (χ0) is 22.6. The van der Waals surface area contributed by atoms with Crippen LogP contribution in [-0.4, -0.2) is 26.7 Å². The minimum Gasteiger partial charge on any atom is -0.464 e. The van der Waals surface area contributed by atoms with Crippen molar-refractivity contribution in [2.75, 3.05) is 0 Å². The molecule has 2 aromatic heterocycles. The molecule has 6 heteroatoms. The molecule has 0 fully saturated rings. The SMILES string of the molecule is CC(C)(C)C(NC(=O)c1ccccc1)C(Cc1ccc(-c2ccco2)cc1)n1cncn1. The van der Waals surface area contributed by atoms with E-state index < -0.39 is 0 Å². The summed E-state index contributed by atoms with van der Waals surface area (Å²) in [5.41, 5.74) is 2.60. The molecule has 0 saturated carbocycles. The lowest BCUT2D eigenvalue weighted by molar-refractivity contribution is 0.0858. The van der Waals surface area contributed by atoms with Gasteiger partial charge in [-0.15, -0.1) is 0 Å². The quantitative estimate of drug-likeness (QED) is 0.441. The van der Waals surface area contributed by atoms with Crippen LogP contribution in [0.2, 0.25) is 0 Å². The second kappa shape index (κ2) is 9.22. The van der Waals surface area contributed by atoms with E-state index in [9.17, 15) is 4.79 Å². The van der Waals surface area contributed by atoms with E-state index in [1.807, 2.05) is 47.1 Å². The van der Waals surface area contributed by atoms with Crippen LogP contribution in [-0.2, 0) is 6.42 Å². The third-order valence-electron chi connectivity index (χ3n) is 5.62. The van der Waals surface area contributed by atoms with Gasteiger partial charge in [0.1, 0.15) is 18.4 Å². The first-order chi connectivity index (χ1) is 15.4. The summed E-state index contributed by atoms with van der Waals surface area (Å²) >= 11 is 0. The summed E-state index contributed by atoms with van der Waals surface area (Å²) in [4.78, 5) is 17.2. The third kappa shape index (κ3) is 4.97. The Kier molecular flexibility index (Phi) is 6.21. The molecule has 6 nitrogen and oxygen atoms in total. The highest BCUT2D eigenvalue weighted by Crippen LogP contribution is 2.31. The summed E-state index contributed by atoms with van der Waals surface area (Å²) in [6.07, 6.45) is 5.62. The molecule has 0 radical (unpaired) electrons. The number of carbonyl (C=O) groups excluding carboxylic acids is 1. The fourth-order valence-corrected chi connectivity index (χ4v) is 3.95. The van der Waals surface area contributed by atoms with E-state index in [-0.39, 0.29) is 23.4 Å². The van der Waals surface area contributed by atoms with Crippen molar-refractivity contribution in [1.29, 1.82) is 0 Å². The second-order valence-electron chi connectivity index (χ2n) is 9.00. The largest absolute Gasteiger partial charge is 0.464 e. The highest BCUT2D eigenvalue weighted by Gasteiger charge is 2.35. The molecule has 2 heterocycles. The zero-order valence-electron chi connectivity index (χ0n) is 18.6. The zero-order valence-corrected chi connectivity index (χ0v) is 18.6. The lowest BCUT2D eigenvalue weighted by Crippen LogP contribution is -2.50. The van der Waals surface area contributed by atoms with Gasteiger partial charge in [0.05, 0.1) is 18.3 Å². The van der Waals surface area contributed by atoms with Crippen LogP contribution in [0.15, 0.2) is 90.1 Å². The van der Waals surface area contributed by atoms with Gasteiger partial charge < -0.3 is 9.73 Å². The van der Waals surface area contributed by atoms with Gasteiger partial charge >= 0.3 is 0 Å². The standard InChI is InChI=1S/C26H28N4O2/c1-26(2,3)24(29-25(31)21-8-5-4-6-9-21)22(30-18-27-17-28-30)16-19-11-13-20(14-12-19)23-10-7-15-32-23/h4-15,17-18,22,24H,16H2,1-3H3,(H,29,31). The number of furan rings is 1. The van der Waals surface area contributed by atoms with Gasteiger partial charge in [-0.1, -0.05) is 63.2 Å². The van der Waals surface area contributed by atoms with Gasteiger partial charge in [-0.3, -0.25) is 4.79 Å². The predicted molar refractivity (Wildman–Crippen MR) is 124 cm³/mol. The lowest BCUT2D eigenvalue weighted by Gasteiger charge is -2.37. The first-order valence-electron chi connectivity index (χ1n) is 10.7. The van der Waals surface area contributed by atoms with E-state index in [1.54, 1.807) is 12.6 Å². The van der Waals surface area contributed by atoms with Crippen molar-refractivity contribution in [2.45, 2.75) is 39.3 Å². The van der Waals surface area contributed by atoms with E-state index in [0.717, 1.165) is 16.9 Å². The Morgan fingerprint density at radius 2 is 1.78 bits per heavy atom. The van der Waals surface area contributed by atoms with E-state index in [2.05, 4.69) is 60.4 Å². The van der Waals surface area contributed by atoms with Crippen LogP contribution < -0.4 is 5.32 Å². The van der Waals surface area contributed by atoms with Gasteiger partial charge in [0, 0.05) is 11.1 Å². The van der Waals surface area contributed by atoms with Crippen LogP contribution >= 0.6 is 0 Å². The highest BCUT2D eigenvalue weighted by molar-refractivity contribution is 5.94. The number of rotatable bonds is 7. The molecule has 0 aliphatic rings. The van der Waals surface area contributed by atoms with Gasteiger partial charge in [-0.2, -0.15) is 5.10 Å². The first-order valence-corrected chi connectivity index (χ1v) is 10.7. The number of nitrogens with one attached hydrogen (secondary N) is 1. The number of nitrogens with zero attached hydrogens (tertiary/aromatic N) is 3. The smallest absolute Gasteiger partial charge is 0.251 e. The Hall–Kier alpha value is -3.67. The Balaban J connectivity index is 1.62.